The summed E-state index contributed by atoms with van der Waals surface area (Å²) in [5.41, 5.74) is 0. The van der Waals surface area contributed by atoms with Crippen molar-refractivity contribution in [3.63, 3.8) is 0 Å². The maximum absolute atomic E-state index is 12.1. The summed E-state index contributed by atoms with van der Waals surface area (Å²) in [5.74, 6) is 0.797. The first kappa shape index (κ1) is 12.4. The Kier molecular flexibility index (Phi) is 3.54. The van der Waals surface area contributed by atoms with E-state index in [1.54, 1.807) is 7.11 Å². The predicted octanol–water partition coefficient (Wildman–Crippen LogP) is -0.522. The van der Waals surface area contributed by atoms with Gasteiger partial charge in [0.1, 0.15) is 0 Å². The van der Waals surface area contributed by atoms with Crippen LogP contribution in [-0.2, 0) is 9.53 Å². The Bertz CT molecular complexity index is 323. The lowest BCUT2D eigenvalue weighted by atomic mass is 9.71. The number of carbonyl (C=O) groups excluding carboxylic acids is 1. The van der Waals surface area contributed by atoms with Gasteiger partial charge in [0.15, 0.2) is 0 Å². The lowest BCUT2D eigenvalue weighted by molar-refractivity contribution is -0.127. The largest absolute Gasteiger partial charge is 0.380 e. The summed E-state index contributed by atoms with van der Waals surface area (Å²) in [6.45, 7) is 2.40. The van der Waals surface area contributed by atoms with Gasteiger partial charge in [-0.2, -0.15) is 0 Å². The molecule has 1 amide bonds. The molecule has 0 aromatic rings. The van der Waals surface area contributed by atoms with Crippen LogP contribution in [0.4, 0.5) is 0 Å². The van der Waals surface area contributed by atoms with E-state index in [4.69, 9.17) is 4.74 Å². The van der Waals surface area contributed by atoms with Crippen LogP contribution in [0.1, 0.15) is 19.3 Å². The number of amides is 1. The first-order chi connectivity index (χ1) is 8.81. The molecule has 0 aromatic heterocycles. The first-order valence-electron chi connectivity index (χ1n) is 7.08. The van der Waals surface area contributed by atoms with Gasteiger partial charge in [-0.05, 0) is 18.8 Å². The molecule has 1 saturated carbocycles. The van der Waals surface area contributed by atoms with E-state index in [0.29, 0.717) is 24.1 Å². The summed E-state index contributed by atoms with van der Waals surface area (Å²) in [5, 5.41) is 10.1. The van der Waals surface area contributed by atoms with Crippen molar-refractivity contribution in [1.29, 1.82) is 0 Å². The quantitative estimate of drug-likeness (QED) is 0.588. The topological polar surface area (TPSA) is 62.4 Å². The predicted molar refractivity (Wildman–Crippen MR) is 68.2 cm³/mol. The third kappa shape index (κ3) is 2.04. The van der Waals surface area contributed by atoms with E-state index < -0.39 is 0 Å². The average Bonchev–Trinajstić information content (AvgIpc) is 2.60. The average molecular weight is 253 g/mol. The number of ether oxygens (including phenoxy) is 1. The van der Waals surface area contributed by atoms with E-state index in [0.717, 1.165) is 26.1 Å². The first-order valence-corrected chi connectivity index (χ1v) is 7.08. The van der Waals surface area contributed by atoms with Crippen LogP contribution >= 0.6 is 0 Å². The van der Waals surface area contributed by atoms with Gasteiger partial charge in [0, 0.05) is 38.8 Å². The number of carbonyl (C=O) groups is 1. The van der Waals surface area contributed by atoms with E-state index in [9.17, 15) is 4.79 Å². The minimum Gasteiger partial charge on any atom is -0.380 e. The van der Waals surface area contributed by atoms with Crippen LogP contribution in [0.5, 0.6) is 0 Å². The van der Waals surface area contributed by atoms with Crippen molar-refractivity contribution in [3.05, 3.63) is 0 Å². The maximum Gasteiger partial charge on any atom is 0.226 e. The molecule has 2 saturated heterocycles. The molecule has 3 rings (SSSR count). The van der Waals surface area contributed by atoms with Gasteiger partial charge in [0.05, 0.1) is 12.0 Å². The molecule has 2 aliphatic heterocycles. The molecular formula is C13H23N3O2. The molecule has 3 fully saturated rings. The smallest absolute Gasteiger partial charge is 0.226 e. The molecule has 5 unspecified atom stereocenters. The normalized spacial score (nSPS) is 44.5. The number of hydrogen-bond acceptors (Lipinski definition) is 4. The summed E-state index contributed by atoms with van der Waals surface area (Å²) in [4.78, 5) is 12.1. The number of methoxy groups -OCH3 is 1. The molecule has 5 atom stereocenters. The zero-order chi connectivity index (χ0) is 12.5. The molecule has 0 radical (unpaired) electrons. The second-order valence-electron chi connectivity index (χ2n) is 5.68. The van der Waals surface area contributed by atoms with Gasteiger partial charge in [-0.25, -0.2) is 0 Å². The van der Waals surface area contributed by atoms with Crippen molar-refractivity contribution >= 4 is 5.91 Å². The van der Waals surface area contributed by atoms with Gasteiger partial charge >= 0.3 is 0 Å². The molecule has 1 aliphatic carbocycles. The minimum atomic E-state index is 0.0735. The van der Waals surface area contributed by atoms with Crippen LogP contribution in [0.25, 0.3) is 0 Å². The van der Waals surface area contributed by atoms with Crippen LogP contribution in [0, 0.1) is 11.8 Å². The number of hydrogen-bond donors (Lipinski definition) is 3. The van der Waals surface area contributed by atoms with Crippen molar-refractivity contribution in [2.75, 3.05) is 26.7 Å². The van der Waals surface area contributed by atoms with Crippen LogP contribution in [0.2, 0.25) is 0 Å². The van der Waals surface area contributed by atoms with Crippen LogP contribution in [0.15, 0.2) is 0 Å². The maximum atomic E-state index is 12.1. The van der Waals surface area contributed by atoms with E-state index in [1.807, 2.05) is 0 Å². The highest BCUT2D eigenvalue weighted by Crippen LogP contribution is 2.35. The Morgan fingerprint density at radius 2 is 2.06 bits per heavy atom. The second-order valence-corrected chi connectivity index (χ2v) is 5.68. The van der Waals surface area contributed by atoms with Crippen molar-refractivity contribution in [2.45, 2.75) is 37.5 Å². The van der Waals surface area contributed by atoms with E-state index in [-0.39, 0.29) is 11.8 Å². The molecule has 102 valence electrons. The number of piperidine rings is 1. The van der Waals surface area contributed by atoms with Crippen molar-refractivity contribution < 1.29 is 9.53 Å². The fraction of sp³-hybridized carbons (Fsp3) is 0.923. The third-order valence-electron chi connectivity index (χ3n) is 4.80. The van der Waals surface area contributed by atoms with Gasteiger partial charge in [0.2, 0.25) is 5.91 Å². The highest BCUT2D eigenvalue weighted by molar-refractivity contribution is 5.80. The molecule has 3 N–H and O–H groups in total. The Labute approximate surface area is 108 Å². The molecule has 2 heterocycles. The van der Waals surface area contributed by atoms with Crippen molar-refractivity contribution in [3.8, 4) is 0 Å². The number of nitrogens with one attached hydrogen (secondary N) is 3. The third-order valence-corrected chi connectivity index (χ3v) is 4.80. The van der Waals surface area contributed by atoms with Crippen molar-refractivity contribution in [2.24, 2.45) is 11.8 Å². The van der Waals surface area contributed by atoms with Crippen LogP contribution in [0.3, 0.4) is 0 Å². The Hall–Kier alpha value is -0.650. The van der Waals surface area contributed by atoms with Gasteiger partial charge in [-0.15, -0.1) is 0 Å². The fourth-order valence-corrected chi connectivity index (χ4v) is 3.93. The highest BCUT2D eigenvalue weighted by atomic mass is 16.5. The summed E-state index contributed by atoms with van der Waals surface area (Å²) in [6, 6.07) is 0.722. The summed E-state index contributed by atoms with van der Waals surface area (Å²) >= 11 is 0. The van der Waals surface area contributed by atoms with Gasteiger partial charge in [-0.1, -0.05) is 6.42 Å². The highest BCUT2D eigenvalue weighted by Gasteiger charge is 2.46. The summed E-state index contributed by atoms with van der Waals surface area (Å²) in [7, 11) is 1.80. The molecule has 5 nitrogen and oxygen atoms in total. The lowest BCUT2D eigenvalue weighted by Crippen LogP contribution is -2.64. The molecule has 0 bridgehead atoms. The van der Waals surface area contributed by atoms with Crippen LogP contribution < -0.4 is 16.0 Å². The standard InChI is InChI=1S/C13H23N3O2/c1-18-10-4-2-3-8-11-9(7-16-12(8)10)13(17)15-6-5-14-11/h8-12,14,16H,2-7H2,1H3,(H,15,17). The number of rotatable bonds is 1. The molecule has 18 heavy (non-hydrogen) atoms. The zero-order valence-corrected chi connectivity index (χ0v) is 10.9. The molecule has 3 aliphatic rings. The van der Waals surface area contributed by atoms with E-state index in [1.165, 1.54) is 12.8 Å². The van der Waals surface area contributed by atoms with Gasteiger partial charge in [0.25, 0.3) is 0 Å². The van der Waals surface area contributed by atoms with Crippen LogP contribution in [-0.4, -0.2) is 50.8 Å². The SMILES string of the molecule is COC1CCCC2C1NCC1C(=O)NCCNC12. The molecule has 0 spiro atoms. The molecule has 0 aromatic carbocycles. The second kappa shape index (κ2) is 5.15. The summed E-state index contributed by atoms with van der Waals surface area (Å²) in [6.07, 6.45) is 3.83. The van der Waals surface area contributed by atoms with E-state index >= 15 is 0 Å². The Balaban J connectivity index is 1.80. The Morgan fingerprint density at radius 1 is 1.17 bits per heavy atom. The van der Waals surface area contributed by atoms with E-state index in [2.05, 4.69) is 16.0 Å². The molecular weight excluding hydrogens is 230 g/mol. The van der Waals surface area contributed by atoms with Crippen molar-refractivity contribution in [1.82, 2.24) is 16.0 Å². The van der Waals surface area contributed by atoms with Gasteiger partial charge < -0.3 is 20.7 Å². The molecule has 5 heteroatoms. The summed E-state index contributed by atoms with van der Waals surface area (Å²) < 4.78 is 5.61. The Morgan fingerprint density at radius 3 is 2.89 bits per heavy atom. The lowest BCUT2D eigenvalue weighted by Gasteiger charge is -2.47. The fourth-order valence-electron chi connectivity index (χ4n) is 3.93. The number of fused-ring (bicyclic) bond motifs is 3. The van der Waals surface area contributed by atoms with Gasteiger partial charge in [-0.3, -0.25) is 4.79 Å². The zero-order valence-electron chi connectivity index (χ0n) is 10.9. The monoisotopic (exact) mass is 253 g/mol. The minimum absolute atomic E-state index is 0.0735.